The van der Waals surface area contributed by atoms with Crippen LogP contribution in [-0.2, 0) is 14.3 Å². The summed E-state index contributed by atoms with van der Waals surface area (Å²) in [5.74, 6) is -0.730. The van der Waals surface area contributed by atoms with Gasteiger partial charge >= 0.3 is 5.97 Å². The molecule has 2 aromatic heterocycles. The first-order chi connectivity index (χ1) is 14.5. The highest BCUT2D eigenvalue weighted by atomic mass is 32.2. The molecule has 9 nitrogen and oxygen atoms in total. The molecule has 0 radical (unpaired) electrons. The molecule has 30 heavy (non-hydrogen) atoms. The predicted molar refractivity (Wildman–Crippen MR) is 107 cm³/mol. The number of ether oxygens (including phenoxy) is 1. The summed E-state index contributed by atoms with van der Waals surface area (Å²) in [6, 6.07) is 5.34. The number of esters is 1. The fraction of sp³-hybridized carbons (Fsp3) is 0.316. The van der Waals surface area contributed by atoms with Crippen LogP contribution in [0, 0.1) is 5.82 Å². The zero-order chi connectivity index (χ0) is 21.3. The van der Waals surface area contributed by atoms with Gasteiger partial charge in [0.15, 0.2) is 10.8 Å². The van der Waals surface area contributed by atoms with Gasteiger partial charge in [-0.15, -0.1) is 0 Å². The Kier molecular flexibility index (Phi) is 5.53. The van der Waals surface area contributed by atoms with Gasteiger partial charge in [0.05, 0.1) is 24.5 Å². The van der Waals surface area contributed by atoms with Gasteiger partial charge in [0.1, 0.15) is 17.7 Å². The molecule has 3 heterocycles. The zero-order valence-electron chi connectivity index (χ0n) is 16.0. The number of hydrogen-bond donors (Lipinski definition) is 1. The van der Waals surface area contributed by atoms with Gasteiger partial charge in [0.2, 0.25) is 5.91 Å². The summed E-state index contributed by atoms with van der Waals surface area (Å²) < 4.78 is 21.0. The van der Waals surface area contributed by atoms with Crippen LogP contribution in [0.5, 0.6) is 0 Å². The number of nitrogens with one attached hydrogen (secondary N) is 1. The van der Waals surface area contributed by atoms with Crippen LogP contribution in [-0.4, -0.2) is 50.1 Å². The second-order valence-electron chi connectivity index (χ2n) is 6.59. The third-order valence-electron chi connectivity index (χ3n) is 4.60. The summed E-state index contributed by atoms with van der Waals surface area (Å²) in [5.41, 5.74) is 0.662. The highest BCUT2D eigenvalue weighted by Gasteiger charge is 2.29. The lowest BCUT2D eigenvalue weighted by Crippen LogP contribution is -2.34. The molecule has 1 aromatic carbocycles. The molecule has 0 fully saturated rings. The Hall–Kier alpha value is -3.21. The van der Waals surface area contributed by atoms with E-state index in [0.29, 0.717) is 27.6 Å². The van der Waals surface area contributed by atoms with Crippen molar-refractivity contribution in [3.63, 3.8) is 0 Å². The number of rotatable bonds is 6. The third-order valence-corrected chi connectivity index (χ3v) is 5.70. The van der Waals surface area contributed by atoms with Gasteiger partial charge in [-0.1, -0.05) is 11.8 Å². The number of carbonyl (C=O) groups excluding carboxylic acids is 2. The van der Waals surface area contributed by atoms with Gasteiger partial charge in [-0.05, 0) is 31.2 Å². The summed E-state index contributed by atoms with van der Waals surface area (Å²) in [5, 5.41) is 7.53. The number of thioether (sulfide) groups is 1. The van der Waals surface area contributed by atoms with Crippen LogP contribution in [0.25, 0.3) is 16.7 Å². The topological polar surface area (TPSA) is 108 Å². The lowest BCUT2D eigenvalue weighted by molar-refractivity contribution is -0.143. The Bertz CT molecular complexity index is 1170. The van der Waals surface area contributed by atoms with E-state index in [9.17, 15) is 18.8 Å². The molecule has 1 atom stereocenters. The van der Waals surface area contributed by atoms with Gasteiger partial charge in [-0.3, -0.25) is 19.0 Å². The first kappa shape index (κ1) is 20.1. The van der Waals surface area contributed by atoms with E-state index < -0.39 is 5.97 Å². The van der Waals surface area contributed by atoms with E-state index in [-0.39, 0.29) is 42.9 Å². The van der Waals surface area contributed by atoms with Crippen molar-refractivity contribution in [2.75, 3.05) is 18.9 Å². The first-order valence-electron chi connectivity index (χ1n) is 9.29. The number of aromatic nitrogens is 4. The number of fused-ring (bicyclic) bond motifs is 2. The fourth-order valence-corrected chi connectivity index (χ4v) is 4.35. The van der Waals surface area contributed by atoms with Crippen LogP contribution in [0.2, 0.25) is 0 Å². The van der Waals surface area contributed by atoms with Crippen molar-refractivity contribution in [1.29, 1.82) is 0 Å². The second kappa shape index (κ2) is 8.27. The van der Waals surface area contributed by atoms with Crippen LogP contribution in [0.4, 0.5) is 4.39 Å². The molecule has 3 aromatic rings. The Morgan fingerprint density at radius 3 is 2.83 bits per heavy atom. The lowest BCUT2D eigenvalue weighted by atomic mass is 10.2. The largest absolute Gasteiger partial charge is 0.465 e. The average molecular weight is 431 g/mol. The molecular formula is C19H18FN5O4S. The molecule has 0 aliphatic carbocycles. The molecule has 1 N–H and O–H groups in total. The van der Waals surface area contributed by atoms with E-state index in [2.05, 4.69) is 15.4 Å². The second-order valence-corrected chi connectivity index (χ2v) is 7.58. The van der Waals surface area contributed by atoms with Crippen LogP contribution in [0.1, 0.15) is 19.4 Å². The summed E-state index contributed by atoms with van der Waals surface area (Å²) >= 11 is 1.37. The molecule has 11 heteroatoms. The standard InChI is InChI=1S/C19H18FN5O4S/c1-2-29-16(27)9-21-15(26)7-13-10-30-19-23-17-14(18(28)24(13)19)8-22-25(17)12-5-3-11(20)4-6-12/h3-6,8,13H,2,7,9-10H2,1H3,(H,21,26). The van der Waals surface area contributed by atoms with Crippen LogP contribution in [0.3, 0.4) is 0 Å². The minimum Gasteiger partial charge on any atom is -0.465 e. The molecule has 0 saturated carbocycles. The van der Waals surface area contributed by atoms with Crippen LogP contribution < -0.4 is 10.9 Å². The van der Waals surface area contributed by atoms with Crippen LogP contribution >= 0.6 is 11.8 Å². The highest BCUT2D eigenvalue weighted by Crippen LogP contribution is 2.33. The van der Waals surface area contributed by atoms with Crippen molar-refractivity contribution in [2.24, 2.45) is 0 Å². The molecule has 0 saturated heterocycles. The Morgan fingerprint density at radius 2 is 2.10 bits per heavy atom. The minimum absolute atomic E-state index is 0.0403. The molecule has 1 unspecified atom stereocenters. The van der Waals surface area contributed by atoms with Crippen molar-refractivity contribution in [2.45, 2.75) is 24.5 Å². The molecule has 4 rings (SSSR count). The molecule has 156 valence electrons. The Labute approximate surface area is 174 Å². The van der Waals surface area contributed by atoms with Gasteiger partial charge in [0.25, 0.3) is 5.56 Å². The molecule has 1 amide bonds. The third kappa shape index (κ3) is 3.80. The molecular weight excluding hydrogens is 413 g/mol. The Balaban J connectivity index is 1.58. The summed E-state index contributed by atoms with van der Waals surface area (Å²) in [4.78, 5) is 41.2. The number of halogens is 1. The van der Waals surface area contributed by atoms with Crippen molar-refractivity contribution >= 4 is 34.7 Å². The van der Waals surface area contributed by atoms with Gasteiger partial charge in [-0.25, -0.2) is 14.1 Å². The number of amides is 1. The molecule has 1 aliphatic heterocycles. The average Bonchev–Trinajstić information content (AvgIpc) is 3.32. The maximum atomic E-state index is 13.2. The van der Waals surface area contributed by atoms with Crippen molar-refractivity contribution in [3.8, 4) is 5.69 Å². The lowest BCUT2D eigenvalue weighted by Gasteiger charge is -2.13. The smallest absolute Gasteiger partial charge is 0.325 e. The summed E-state index contributed by atoms with van der Waals surface area (Å²) in [7, 11) is 0. The molecule has 0 spiro atoms. The van der Waals surface area contributed by atoms with E-state index >= 15 is 0 Å². The normalized spacial score (nSPS) is 15.2. The quantitative estimate of drug-likeness (QED) is 0.465. The van der Waals surface area contributed by atoms with Crippen LogP contribution in [0.15, 0.2) is 40.4 Å². The maximum Gasteiger partial charge on any atom is 0.325 e. The fourth-order valence-electron chi connectivity index (χ4n) is 3.22. The van der Waals surface area contributed by atoms with E-state index in [1.54, 1.807) is 19.1 Å². The predicted octanol–water partition coefficient (Wildman–Crippen LogP) is 1.44. The summed E-state index contributed by atoms with van der Waals surface area (Å²) in [6.07, 6.45) is 1.46. The SMILES string of the molecule is CCOC(=O)CNC(=O)CC1CSc2nc3c(cnn3-c3ccc(F)cc3)c(=O)n21. The van der Waals surface area contributed by atoms with Crippen molar-refractivity contribution in [1.82, 2.24) is 24.6 Å². The van der Waals surface area contributed by atoms with Crippen molar-refractivity contribution in [3.05, 3.63) is 46.6 Å². The van der Waals surface area contributed by atoms with Gasteiger partial charge in [0, 0.05) is 12.2 Å². The molecule has 0 bridgehead atoms. The monoisotopic (exact) mass is 431 g/mol. The van der Waals surface area contributed by atoms with E-state index in [0.717, 1.165) is 0 Å². The number of nitrogens with zero attached hydrogens (tertiary/aromatic N) is 4. The number of carbonyl (C=O) groups is 2. The maximum absolute atomic E-state index is 13.2. The number of hydrogen-bond acceptors (Lipinski definition) is 7. The molecule has 1 aliphatic rings. The van der Waals surface area contributed by atoms with E-state index in [1.165, 1.54) is 39.3 Å². The number of benzene rings is 1. The van der Waals surface area contributed by atoms with E-state index in [1.807, 2.05) is 0 Å². The zero-order valence-corrected chi connectivity index (χ0v) is 16.8. The van der Waals surface area contributed by atoms with E-state index in [4.69, 9.17) is 4.74 Å². The first-order valence-corrected chi connectivity index (χ1v) is 10.3. The Morgan fingerprint density at radius 1 is 1.33 bits per heavy atom. The van der Waals surface area contributed by atoms with Gasteiger partial charge < -0.3 is 10.1 Å². The van der Waals surface area contributed by atoms with Gasteiger partial charge in [-0.2, -0.15) is 5.10 Å². The summed E-state index contributed by atoms with van der Waals surface area (Å²) in [6.45, 7) is 1.71. The minimum atomic E-state index is -0.513. The highest BCUT2D eigenvalue weighted by molar-refractivity contribution is 7.99. The van der Waals surface area contributed by atoms with Crippen molar-refractivity contribution < 1.29 is 18.7 Å².